The van der Waals surface area contributed by atoms with Crippen molar-refractivity contribution < 1.29 is 9.90 Å². The molecule has 4 N–H and O–H groups in total. The van der Waals surface area contributed by atoms with Gasteiger partial charge in [0.05, 0.1) is 12.1 Å². The van der Waals surface area contributed by atoms with Gasteiger partial charge < -0.3 is 16.2 Å². The fourth-order valence-electron chi connectivity index (χ4n) is 2.57. The molecule has 0 radical (unpaired) electrons. The van der Waals surface area contributed by atoms with Crippen molar-refractivity contribution in [1.82, 2.24) is 5.32 Å². The smallest absolute Gasteiger partial charge is 0.220 e. The summed E-state index contributed by atoms with van der Waals surface area (Å²) in [7, 11) is 0. The van der Waals surface area contributed by atoms with Crippen LogP contribution in [-0.2, 0) is 11.2 Å². The van der Waals surface area contributed by atoms with E-state index < -0.39 is 0 Å². The lowest BCUT2D eigenvalue weighted by atomic mass is 9.92. The number of nitrogens with one attached hydrogen (secondary N) is 1. The van der Waals surface area contributed by atoms with E-state index in [9.17, 15) is 9.90 Å². The molecule has 5 heteroatoms. The molecule has 20 heavy (non-hydrogen) atoms. The van der Waals surface area contributed by atoms with Crippen molar-refractivity contribution in [3.8, 4) is 0 Å². The zero-order chi connectivity index (χ0) is 13.7. The summed E-state index contributed by atoms with van der Waals surface area (Å²) >= 11 is 0. The van der Waals surface area contributed by atoms with E-state index in [1.54, 1.807) is 0 Å². The van der Waals surface area contributed by atoms with Gasteiger partial charge in [0.1, 0.15) is 0 Å². The summed E-state index contributed by atoms with van der Waals surface area (Å²) in [5.74, 6) is -0.00537. The second kappa shape index (κ2) is 8.12. The zero-order valence-electron chi connectivity index (χ0n) is 11.5. The SMILES string of the molecule is Cl.Nc1ccccc1CCC(=O)N[C@H]1CCCC[C@@H]1O. The van der Waals surface area contributed by atoms with Crippen LogP contribution < -0.4 is 11.1 Å². The maximum Gasteiger partial charge on any atom is 0.220 e. The van der Waals surface area contributed by atoms with Crippen LogP contribution in [0.25, 0.3) is 0 Å². The molecule has 112 valence electrons. The second-order valence-corrected chi connectivity index (χ2v) is 5.22. The number of amides is 1. The monoisotopic (exact) mass is 298 g/mol. The van der Waals surface area contributed by atoms with Gasteiger partial charge in [-0.15, -0.1) is 12.4 Å². The number of anilines is 1. The average Bonchev–Trinajstić information content (AvgIpc) is 2.40. The minimum Gasteiger partial charge on any atom is -0.399 e. The van der Waals surface area contributed by atoms with Crippen LogP contribution >= 0.6 is 12.4 Å². The quantitative estimate of drug-likeness (QED) is 0.745. The molecule has 0 aromatic heterocycles. The molecule has 0 aliphatic heterocycles. The van der Waals surface area contributed by atoms with Gasteiger partial charge in [0.2, 0.25) is 5.91 Å². The minimum absolute atomic E-state index is 0. The van der Waals surface area contributed by atoms with E-state index in [0.29, 0.717) is 12.8 Å². The van der Waals surface area contributed by atoms with Crippen molar-refractivity contribution in [2.45, 2.75) is 50.7 Å². The molecule has 0 saturated heterocycles. The number of hydrogen-bond acceptors (Lipinski definition) is 3. The third kappa shape index (κ3) is 4.69. The van der Waals surface area contributed by atoms with Crippen LogP contribution in [0.1, 0.15) is 37.7 Å². The summed E-state index contributed by atoms with van der Waals surface area (Å²) in [5.41, 5.74) is 7.57. The van der Waals surface area contributed by atoms with Gasteiger partial charge >= 0.3 is 0 Å². The molecule has 0 unspecified atom stereocenters. The molecule has 1 amide bonds. The van der Waals surface area contributed by atoms with Crippen LogP contribution in [0, 0.1) is 0 Å². The summed E-state index contributed by atoms with van der Waals surface area (Å²) in [6, 6.07) is 7.52. The molecule has 2 atom stereocenters. The maximum atomic E-state index is 11.9. The number of hydrogen-bond donors (Lipinski definition) is 3. The fourth-order valence-corrected chi connectivity index (χ4v) is 2.57. The Morgan fingerprint density at radius 1 is 1.30 bits per heavy atom. The Morgan fingerprint density at radius 3 is 2.70 bits per heavy atom. The third-order valence-corrected chi connectivity index (χ3v) is 3.75. The first-order valence-electron chi connectivity index (χ1n) is 6.97. The number of aryl methyl sites for hydroxylation is 1. The van der Waals surface area contributed by atoms with Gasteiger partial charge in [-0.2, -0.15) is 0 Å². The van der Waals surface area contributed by atoms with E-state index in [-0.39, 0.29) is 30.5 Å². The van der Waals surface area contributed by atoms with Crippen LogP contribution in [0.3, 0.4) is 0 Å². The van der Waals surface area contributed by atoms with E-state index in [1.807, 2.05) is 24.3 Å². The Bertz CT molecular complexity index is 440. The first kappa shape index (κ1) is 16.8. The molecule has 0 bridgehead atoms. The summed E-state index contributed by atoms with van der Waals surface area (Å²) in [6.45, 7) is 0. The van der Waals surface area contributed by atoms with Crippen molar-refractivity contribution in [2.24, 2.45) is 0 Å². The molecule has 1 saturated carbocycles. The number of aliphatic hydroxyl groups excluding tert-OH is 1. The Balaban J connectivity index is 0.00000200. The van der Waals surface area contributed by atoms with E-state index in [1.165, 1.54) is 0 Å². The number of nitrogen functional groups attached to an aromatic ring is 1. The number of aliphatic hydroxyl groups is 1. The zero-order valence-corrected chi connectivity index (χ0v) is 12.4. The number of benzene rings is 1. The number of carbonyl (C=O) groups is 1. The van der Waals surface area contributed by atoms with E-state index >= 15 is 0 Å². The number of rotatable bonds is 4. The first-order valence-corrected chi connectivity index (χ1v) is 6.97. The highest BCUT2D eigenvalue weighted by Crippen LogP contribution is 2.18. The number of carbonyl (C=O) groups excluding carboxylic acids is 1. The van der Waals surface area contributed by atoms with Gasteiger partial charge in [-0.25, -0.2) is 0 Å². The number of halogens is 1. The molecular weight excluding hydrogens is 276 g/mol. The predicted octanol–water partition coefficient (Wildman–Crippen LogP) is 2.04. The minimum atomic E-state index is -0.389. The lowest BCUT2D eigenvalue weighted by Gasteiger charge is -2.28. The highest BCUT2D eigenvalue weighted by molar-refractivity contribution is 5.85. The van der Waals surface area contributed by atoms with Crippen LogP contribution in [-0.4, -0.2) is 23.2 Å². The molecule has 4 nitrogen and oxygen atoms in total. The Hall–Kier alpha value is -1.26. The topological polar surface area (TPSA) is 75.4 Å². The summed E-state index contributed by atoms with van der Waals surface area (Å²) in [4.78, 5) is 11.9. The highest BCUT2D eigenvalue weighted by atomic mass is 35.5. The predicted molar refractivity (Wildman–Crippen MR) is 82.8 cm³/mol. The molecule has 1 fully saturated rings. The largest absolute Gasteiger partial charge is 0.399 e. The third-order valence-electron chi connectivity index (χ3n) is 3.75. The lowest BCUT2D eigenvalue weighted by Crippen LogP contribution is -2.45. The normalized spacial score (nSPS) is 21.9. The molecule has 1 aliphatic carbocycles. The van der Waals surface area contributed by atoms with Crippen molar-refractivity contribution in [2.75, 3.05) is 5.73 Å². The first-order chi connectivity index (χ1) is 9.16. The van der Waals surface area contributed by atoms with Crippen molar-refractivity contribution in [3.63, 3.8) is 0 Å². The second-order valence-electron chi connectivity index (χ2n) is 5.22. The van der Waals surface area contributed by atoms with Crippen LogP contribution in [0.2, 0.25) is 0 Å². The van der Waals surface area contributed by atoms with Crippen LogP contribution in [0.5, 0.6) is 0 Å². The molecular formula is C15H23ClN2O2. The van der Waals surface area contributed by atoms with Crippen molar-refractivity contribution >= 4 is 24.0 Å². The Morgan fingerprint density at radius 2 is 2.00 bits per heavy atom. The van der Waals surface area contributed by atoms with Crippen molar-refractivity contribution in [1.29, 1.82) is 0 Å². The molecule has 1 aliphatic rings. The van der Waals surface area contributed by atoms with Crippen molar-refractivity contribution in [3.05, 3.63) is 29.8 Å². The van der Waals surface area contributed by atoms with Gasteiger partial charge in [-0.05, 0) is 30.9 Å². The van der Waals surface area contributed by atoms with Gasteiger partial charge in [0.25, 0.3) is 0 Å². The summed E-state index contributed by atoms with van der Waals surface area (Å²) in [6.07, 6.45) is 4.46. The van der Waals surface area contributed by atoms with Crippen LogP contribution in [0.4, 0.5) is 5.69 Å². The number of para-hydroxylation sites is 1. The summed E-state index contributed by atoms with van der Waals surface area (Å²) < 4.78 is 0. The van der Waals surface area contributed by atoms with Gasteiger partial charge in [0, 0.05) is 12.1 Å². The highest BCUT2D eigenvalue weighted by Gasteiger charge is 2.24. The Labute approximate surface area is 126 Å². The van der Waals surface area contributed by atoms with Gasteiger partial charge in [0.15, 0.2) is 0 Å². The van der Waals surface area contributed by atoms with E-state index in [0.717, 1.165) is 36.9 Å². The van der Waals surface area contributed by atoms with E-state index in [4.69, 9.17) is 5.73 Å². The standard InChI is InChI=1S/C15H22N2O2.ClH/c16-12-6-2-1-5-11(12)9-10-15(19)17-13-7-3-4-8-14(13)18;/h1-2,5-6,13-14,18H,3-4,7-10,16H2,(H,17,19);1H/t13-,14-;/m0./s1. The van der Waals surface area contributed by atoms with Crippen LogP contribution in [0.15, 0.2) is 24.3 Å². The molecule has 1 aromatic rings. The lowest BCUT2D eigenvalue weighted by molar-refractivity contribution is -0.123. The number of nitrogens with two attached hydrogens (primary N) is 1. The average molecular weight is 299 g/mol. The molecule has 0 spiro atoms. The van der Waals surface area contributed by atoms with E-state index in [2.05, 4.69) is 5.32 Å². The molecule has 2 rings (SSSR count). The van der Waals surface area contributed by atoms with Gasteiger partial charge in [-0.3, -0.25) is 4.79 Å². The van der Waals surface area contributed by atoms with Gasteiger partial charge in [-0.1, -0.05) is 31.0 Å². The fraction of sp³-hybridized carbons (Fsp3) is 0.533. The maximum absolute atomic E-state index is 11.9. The summed E-state index contributed by atoms with van der Waals surface area (Å²) in [5, 5.41) is 12.7. The molecule has 0 heterocycles. The Kier molecular flexibility index (Phi) is 6.82. The molecule has 1 aromatic carbocycles.